The largest absolute Gasteiger partial charge is 0.389 e. The number of ether oxygens (including phenoxy) is 1. The lowest BCUT2D eigenvalue weighted by atomic mass is 10.1. The van der Waals surface area contributed by atoms with Gasteiger partial charge in [-0.2, -0.15) is 0 Å². The Morgan fingerprint density at radius 1 is 1.15 bits per heavy atom. The van der Waals surface area contributed by atoms with Crippen LogP contribution in [0.2, 0.25) is 0 Å². The Hall–Kier alpha value is -1.10. The second kappa shape index (κ2) is 7.07. The van der Waals surface area contributed by atoms with Gasteiger partial charge in [0.2, 0.25) is 0 Å². The lowest BCUT2D eigenvalue weighted by molar-refractivity contribution is 0.0365. The van der Waals surface area contributed by atoms with Gasteiger partial charge in [0.25, 0.3) is 0 Å². The maximum Gasteiger partial charge on any atom is 0.0900 e. The predicted octanol–water partition coefficient (Wildman–Crippen LogP) is 1.43. The van der Waals surface area contributed by atoms with E-state index in [1.165, 1.54) is 16.8 Å². The summed E-state index contributed by atoms with van der Waals surface area (Å²) in [7, 11) is 1.63. The minimum absolute atomic E-state index is 0.383. The van der Waals surface area contributed by atoms with E-state index in [-0.39, 0.29) is 6.10 Å². The van der Waals surface area contributed by atoms with Crippen molar-refractivity contribution in [2.45, 2.75) is 20.0 Å². The van der Waals surface area contributed by atoms with Crippen LogP contribution in [0, 0.1) is 13.8 Å². The highest BCUT2D eigenvalue weighted by Crippen LogP contribution is 2.25. The van der Waals surface area contributed by atoms with Crippen LogP contribution in [0.5, 0.6) is 0 Å². The summed E-state index contributed by atoms with van der Waals surface area (Å²) in [4.78, 5) is 4.78. The Morgan fingerprint density at radius 3 is 2.30 bits per heavy atom. The molecule has 1 saturated heterocycles. The van der Waals surface area contributed by atoms with Gasteiger partial charge >= 0.3 is 0 Å². The van der Waals surface area contributed by atoms with Crippen molar-refractivity contribution in [2.75, 3.05) is 51.3 Å². The van der Waals surface area contributed by atoms with E-state index in [2.05, 4.69) is 41.8 Å². The number of hydrogen-bond acceptors (Lipinski definition) is 4. The van der Waals surface area contributed by atoms with Crippen LogP contribution in [-0.4, -0.2) is 62.6 Å². The van der Waals surface area contributed by atoms with E-state index in [1.54, 1.807) is 7.11 Å². The average Bonchev–Trinajstić information content (AvgIpc) is 2.40. The van der Waals surface area contributed by atoms with Gasteiger partial charge in [0.1, 0.15) is 0 Å². The monoisotopic (exact) mass is 278 g/mol. The lowest BCUT2D eigenvalue weighted by Gasteiger charge is -2.38. The number of rotatable bonds is 5. The number of piperazine rings is 1. The van der Waals surface area contributed by atoms with E-state index in [4.69, 9.17) is 4.74 Å². The second-order valence-electron chi connectivity index (χ2n) is 5.64. The summed E-state index contributed by atoms with van der Waals surface area (Å²) in [6, 6.07) is 6.47. The van der Waals surface area contributed by atoms with Crippen molar-refractivity contribution < 1.29 is 9.84 Å². The molecular weight excluding hydrogens is 252 g/mol. The summed E-state index contributed by atoms with van der Waals surface area (Å²) < 4.78 is 4.98. The maximum absolute atomic E-state index is 9.79. The fourth-order valence-electron chi connectivity index (χ4n) is 3.00. The van der Waals surface area contributed by atoms with E-state index in [9.17, 15) is 5.11 Å². The van der Waals surface area contributed by atoms with Crippen LogP contribution < -0.4 is 4.90 Å². The van der Waals surface area contributed by atoms with E-state index < -0.39 is 0 Å². The highest BCUT2D eigenvalue weighted by atomic mass is 16.5. The van der Waals surface area contributed by atoms with Crippen molar-refractivity contribution in [3.63, 3.8) is 0 Å². The summed E-state index contributed by atoms with van der Waals surface area (Å²) in [5, 5.41) is 9.79. The van der Waals surface area contributed by atoms with Crippen LogP contribution in [0.1, 0.15) is 11.1 Å². The summed E-state index contributed by atoms with van der Waals surface area (Å²) in [6.45, 7) is 9.50. The number of β-amino-alcohol motifs (C(OH)–C–C–N with tert-alkyl or cyclic N) is 1. The fourth-order valence-corrected chi connectivity index (χ4v) is 3.00. The molecule has 0 saturated carbocycles. The predicted molar refractivity (Wildman–Crippen MR) is 82.5 cm³/mol. The van der Waals surface area contributed by atoms with E-state index in [0.29, 0.717) is 13.2 Å². The maximum atomic E-state index is 9.79. The summed E-state index contributed by atoms with van der Waals surface area (Å²) >= 11 is 0. The molecule has 0 bridgehead atoms. The number of methoxy groups -OCH3 is 1. The number of anilines is 1. The molecule has 4 nitrogen and oxygen atoms in total. The lowest BCUT2D eigenvalue weighted by Crippen LogP contribution is -2.49. The molecule has 1 aromatic carbocycles. The minimum Gasteiger partial charge on any atom is -0.389 e. The quantitative estimate of drug-likeness (QED) is 0.884. The van der Waals surface area contributed by atoms with Gasteiger partial charge in [-0.25, -0.2) is 0 Å². The number of aliphatic hydroxyl groups is 1. The molecule has 0 aromatic heterocycles. The van der Waals surface area contributed by atoms with E-state index in [1.807, 2.05) is 0 Å². The molecule has 1 heterocycles. The van der Waals surface area contributed by atoms with Gasteiger partial charge in [-0.3, -0.25) is 4.90 Å². The summed E-state index contributed by atoms with van der Waals surface area (Å²) in [5.41, 5.74) is 4.07. The molecule has 0 aliphatic carbocycles. The van der Waals surface area contributed by atoms with Crippen molar-refractivity contribution in [1.29, 1.82) is 0 Å². The molecule has 0 amide bonds. The highest BCUT2D eigenvalue weighted by Gasteiger charge is 2.21. The number of benzene rings is 1. The summed E-state index contributed by atoms with van der Waals surface area (Å²) in [5.74, 6) is 0. The van der Waals surface area contributed by atoms with E-state index >= 15 is 0 Å². The molecule has 112 valence electrons. The van der Waals surface area contributed by atoms with Gasteiger partial charge in [0, 0.05) is 45.5 Å². The van der Waals surface area contributed by atoms with Crippen LogP contribution in [0.25, 0.3) is 0 Å². The smallest absolute Gasteiger partial charge is 0.0900 e. The van der Waals surface area contributed by atoms with Crippen molar-refractivity contribution in [3.8, 4) is 0 Å². The topological polar surface area (TPSA) is 35.9 Å². The molecule has 0 radical (unpaired) electrons. The number of aliphatic hydroxyl groups excluding tert-OH is 1. The van der Waals surface area contributed by atoms with Crippen LogP contribution in [0.4, 0.5) is 5.69 Å². The molecule has 1 atom stereocenters. The highest BCUT2D eigenvalue weighted by molar-refractivity contribution is 5.59. The average molecular weight is 278 g/mol. The minimum atomic E-state index is -0.383. The number of nitrogens with zero attached hydrogens (tertiary/aromatic N) is 2. The molecule has 20 heavy (non-hydrogen) atoms. The Balaban J connectivity index is 1.91. The van der Waals surface area contributed by atoms with Crippen molar-refractivity contribution in [3.05, 3.63) is 29.3 Å². The van der Waals surface area contributed by atoms with Crippen molar-refractivity contribution in [2.24, 2.45) is 0 Å². The third-order valence-electron chi connectivity index (χ3n) is 3.96. The molecule has 0 spiro atoms. The molecule has 2 rings (SSSR count). The number of aryl methyl sites for hydroxylation is 2. The number of para-hydroxylation sites is 1. The molecule has 4 heteroatoms. The molecule has 1 unspecified atom stereocenters. The third kappa shape index (κ3) is 3.72. The molecular formula is C16H26N2O2. The Kier molecular flexibility index (Phi) is 5.40. The Bertz CT molecular complexity index is 408. The van der Waals surface area contributed by atoms with Crippen LogP contribution in [-0.2, 0) is 4.74 Å². The van der Waals surface area contributed by atoms with Crippen molar-refractivity contribution >= 4 is 5.69 Å². The third-order valence-corrected chi connectivity index (χ3v) is 3.96. The molecule has 1 aliphatic heterocycles. The number of hydrogen-bond donors (Lipinski definition) is 1. The van der Waals surface area contributed by atoms with Gasteiger partial charge in [-0.15, -0.1) is 0 Å². The standard InChI is InChI=1S/C16H26N2O2/c1-13-5-4-6-14(2)16(13)18-9-7-17(8-10-18)11-15(19)12-20-3/h4-6,15,19H,7-12H2,1-3H3. The summed E-state index contributed by atoms with van der Waals surface area (Å²) in [6.07, 6.45) is -0.383. The molecule has 1 fully saturated rings. The first kappa shape index (κ1) is 15.3. The molecule has 1 aliphatic rings. The van der Waals surface area contributed by atoms with Crippen LogP contribution in [0.15, 0.2) is 18.2 Å². The SMILES string of the molecule is COCC(O)CN1CCN(c2c(C)cccc2C)CC1. The molecule has 1 aromatic rings. The van der Waals surface area contributed by atoms with Crippen LogP contribution in [0.3, 0.4) is 0 Å². The van der Waals surface area contributed by atoms with Gasteiger partial charge in [0.15, 0.2) is 0 Å². The normalized spacial score (nSPS) is 18.3. The van der Waals surface area contributed by atoms with E-state index in [0.717, 1.165) is 26.2 Å². The van der Waals surface area contributed by atoms with Gasteiger partial charge in [-0.1, -0.05) is 18.2 Å². The Morgan fingerprint density at radius 2 is 1.75 bits per heavy atom. The fraction of sp³-hybridized carbons (Fsp3) is 0.625. The second-order valence-corrected chi connectivity index (χ2v) is 5.64. The molecule has 1 N–H and O–H groups in total. The first-order valence-corrected chi connectivity index (χ1v) is 7.32. The zero-order valence-electron chi connectivity index (χ0n) is 12.8. The zero-order chi connectivity index (χ0) is 14.5. The van der Waals surface area contributed by atoms with Gasteiger partial charge in [0.05, 0.1) is 12.7 Å². The first-order valence-electron chi connectivity index (χ1n) is 7.32. The Labute approximate surface area is 122 Å². The van der Waals surface area contributed by atoms with Gasteiger partial charge < -0.3 is 14.7 Å². The first-order chi connectivity index (χ1) is 9.61. The van der Waals surface area contributed by atoms with Crippen LogP contribution >= 0.6 is 0 Å². The van der Waals surface area contributed by atoms with Crippen molar-refractivity contribution in [1.82, 2.24) is 4.90 Å². The zero-order valence-corrected chi connectivity index (χ0v) is 12.8. The van der Waals surface area contributed by atoms with Gasteiger partial charge in [-0.05, 0) is 25.0 Å².